The molecule has 0 saturated carbocycles. The molecule has 2 aromatic heterocycles. The Balaban J connectivity index is 1.86. The molecule has 3 aromatic rings. The summed E-state index contributed by atoms with van der Waals surface area (Å²) in [7, 11) is 0. The number of hydrogen-bond acceptors (Lipinski definition) is 4. The predicted molar refractivity (Wildman–Crippen MR) is 66.1 cm³/mol. The standard InChI is InChI=1S/C12H9N5O/c18-11(8-4-2-1-3-5-8)17-12-13-6-9-10(16-12)15-7-14-9/h1-7H,(H2,13,14,15,16,17,18). The molecular weight excluding hydrogens is 230 g/mol. The van der Waals surface area contributed by atoms with E-state index < -0.39 is 0 Å². The lowest BCUT2D eigenvalue weighted by atomic mass is 10.2. The van der Waals surface area contributed by atoms with Crippen LogP contribution in [0.2, 0.25) is 0 Å². The van der Waals surface area contributed by atoms with Crippen LogP contribution in [-0.4, -0.2) is 25.8 Å². The fraction of sp³-hybridized carbons (Fsp3) is 0. The average Bonchev–Trinajstić information content (AvgIpc) is 2.87. The van der Waals surface area contributed by atoms with Crippen molar-refractivity contribution < 1.29 is 4.79 Å². The van der Waals surface area contributed by atoms with Crippen LogP contribution in [0.25, 0.3) is 11.2 Å². The number of aromatic nitrogens is 4. The number of anilines is 1. The molecule has 3 rings (SSSR count). The Morgan fingerprint density at radius 1 is 1.17 bits per heavy atom. The Hall–Kier alpha value is -2.76. The number of aromatic amines is 1. The number of carbonyl (C=O) groups excluding carboxylic acids is 1. The zero-order valence-corrected chi connectivity index (χ0v) is 9.29. The van der Waals surface area contributed by atoms with Crippen molar-refractivity contribution in [1.29, 1.82) is 0 Å². The zero-order chi connectivity index (χ0) is 12.4. The highest BCUT2D eigenvalue weighted by atomic mass is 16.1. The molecule has 18 heavy (non-hydrogen) atoms. The summed E-state index contributed by atoms with van der Waals surface area (Å²) in [6.07, 6.45) is 3.08. The maximum absolute atomic E-state index is 11.9. The van der Waals surface area contributed by atoms with Gasteiger partial charge < -0.3 is 4.98 Å². The van der Waals surface area contributed by atoms with Crippen LogP contribution in [0.5, 0.6) is 0 Å². The van der Waals surface area contributed by atoms with Gasteiger partial charge >= 0.3 is 0 Å². The van der Waals surface area contributed by atoms with Crippen molar-refractivity contribution in [2.75, 3.05) is 5.32 Å². The Bertz CT molecular complexity index is 692. The van der Waals surface area contributed by atoms with Crippen molar-refractivity contribution in [2.45, 2.75) is 0 Å². The second-order valence-electron chi connectivity index (χ2n) is 3.65. The Morgan fingerprint density at radius 2 is 2.00 bits per heavy atom. The molecule has 0 fully saturated rings. The number of imidazole rings is 1. The van der Waals surface area contributed by atoms with E-state index in [1.54, 1.807) is 30.5 Å². The topological polar surface area (TPSA) is 83.6 Å². The van der Waals surface area contributed by atoms with Gasteiger partial charge in [-0.3, -0.25) is 10.1 Å². The first-order valence-corrected chi connectivity index (χ1v) is 5.35. The lowest BCUT2D eigenvalue weighted by Crippen LogP contribution is -2.13. The van der Waals surface area contributed by atoms with Gasteiger partial charge in [0.1, 0.15) is 5.52 Å². The molecule has 0 aliphatic carbocycles. The average molecular weight is 239 g/mol. The first-order chi connectivity index (χ1) is 8.83. The molecular formula is C12H9N5O. The molecule has 0 aliphatic rings. The van der Waals surface area contributed by atoms with E-state index in [-0.39, 0.29) is 11.9 Å². The van der Waals surface area contributed by atoms with Gasteiger partial charge in [0.25, 0.3) is 5.91 Å². The van der Waals surface area contributed by atoms with E-state index in [9.17, 15) is 4.79 Å². The number of benzene rings is 1. The lowest BCUT2D eigenvalue weighted by molar-refractivity contribution is 0.102. The monoisotopic (exact) mass is 239 g/mol. The molecule has 1 amide bonds. The number of fused-ring (bicyclic) bond motifs is 1. The minimum absolute atomic E-state index is 0.241. The summed E-state index contributed by atoms with van der Waals surface area (Å²) >= 11 is 0. The third-order valence-electron chi connectivity index (χ3n) is 2.44. The molecule has 0 unspecified atom stereocenters. The van der Waals surface area contributed by atoms with Crippen molar-refractivity contribution >= 4 is 23.0 Å². The van der Waals surface area contributed by atoms with Crippen molar-refractivity contribution in [3.63, 3.8) is 0 Å². The van der Waals surface area contributed by atoms with Gasteiger partial charge in [0.2, 0.25) is 5.95 Å². The van der Waals surface area contributed by atoms with E-state index in [4.69, 9.17) is 0 Å². The molecule has 2 heterocycles. The van der Waals surface area contributed by atoms with Gasteiger partial charge in [-0.1, -0.05) is 18.2 Å². The van der Waals surface area contributed by atoms with Gasteiger partial charge in [-0.15, -0.1) is 0 Å². The van der Waals surface area contributed by atoms with Crippen LogP contribution in [0, 0.1) is 0 Å². The summed E-state index contributed by atoms with van der Waals surface area (Å²) in [5.74, 6) is 0.00932. The number of hydrogen-bond donors (Lipinski definition) is 2. The minimum atomic E-state index is -0.241. The molecule has 1 aromatic carbocycles. The second-order valence-corrected chi connectivity index (χ2v) is 3.65. The molecule has 0 radical (unpaired) electrons. The van der Waals surface area contributed by atoms with Gasteiger partial charge in [0.15, 0.2) is 5.65 Å². The molecule has 0 bridgehead atoms. The van der Waals surface area contributed by atoms with E-state index in [2.05, 4.69) is 25.3 Å². The quantitative estimate of drug-likeness (QED) is 0.711. The number of rotatable bonds is 2. The highest BCUT2D eigenvalue weighted by Crippen LogP contribution is 2.08. The normalized spacial score (nSPS) is 10.4. The van der Waals surface area contributed by atoms with Crippen molar-refractivity contribution in [3.05, 3.63) is 48.4 Å². The summed E-state index contributed by atoms with van der Waals surface area (Å²) in [4.78, 5) is 26.9. The first-order valence-electron chi connectivity index (χ1n) is 5.35. The number of amides is 1. The van der Waals surface area contributed by atoms with Crippen LogP contribution in [0.1, 0.15) is 10.4 Å². The SMILES string of the molecule is O=C(Nc1ncc2nc[nH]c2n1)c1ccccc1. The summed E-state index contributed by atoms with van der Waals surface area (Å²) in [5, 5.41) is 2.63. The largest absolute Gasteiger partial charge is 0.329 e. The number of carbonyl (C=O) groups is 1. The molecule has 6 heteroatoms. The molecule has 2 N–H and O–H groups in total. The van der Waals surface area contributed by atoms with Crippen LogP contribution < -0.4 is 5.32 Å². The van der Waals surface area contributed by atoms with E-state index in [1.807, 2.05) is 6.07 Å². The molecule has 0 atom stereocenters. The van der Waals surface area contributed by atoms with Crippen molar-refractivity contribution in [1.82, 2.24) is 19.9 Å². The third-order valence-corrected chi connectivity index (χ3v) is 2.44. The zero-order valence-electron chi connectivity index (χ0n) is 9.29. The fourth-order valence-corrected chi connectivity index (χ4v) is 1.56. The summed E-state index contributed by atoms with van der Waals surface area (Å²) < 4.78 is 0. The van der Waals surface area contributed by atoms with E-state index in [0.717, 1.165) is 0 Å². The smallest absolute Gasteiger partial charge is 0.258 e. The highest BCUT2D eigenvalue weighted by molar-refractivity contribution is 6.03. The number of H-pyrrole nitrogens is 1. The number of nitrogens with zero attached hydrogens (tertiary/aromatic N) is 3. The minimum Gasteiger partial charge on any atom is -0.329 e. The van der Waals surface area contributed by atoms with Gasteiger partial charge in [-0.2, -0.15) is 4.98 Å². The van der Waals surface area contributed by atoms with Crippen molar-refractivity contribution in [3.8, 4) is 0 Å². The maximum atomic E-state index is 11.9. The Morgan fingerprint density at radius 3 is 2.83 bits per heavy atom. The molecule has 88 valence electrons. The Kier molecular flexibility index (Phi) is 2.45. The van der Waals surface area contributed by atoms with Crippen LogP contribution in [0.15, 0.2) is 42.9 Å². The number of nitrogens with one attached hydrogen (secondary N) is 2. The van der Waals surface area contributed by atoms with Crippen LogP contribution in [-0.2, 0) is 0 Å². The fourth-order valence-electron chi connectivity index (χ4n) is 1.56. The van der Waals surface area contributed by atoms with Gasteiger partial charge in [-0.05, 0) is 12.1 Å². The van der Waals surface area contributed by atoms with Gasteiger partial charge in [0, 0.05) is 5.56 Å². The van der Waals surface area contributed by atoms with E-state index in [0.29, 0.717) is 16.7 Å². The van der Waals surface area contributed by atoms with Crippen molar-refractivity contribution in [2.24, 2.45) is 0 Å². The molecule has 0 aliphatic heterocycles. The third kappa shape index (κ3) is 1.91. The molecule has 6 nitrogen and oxygen atoms in total. The van der Waals surface area contributed by atoms with Crippen LogP contribution in [0.3, 0.4) is 0 Å². The maximum Gasteiger partial charge on any atom is 0.258 e. The summed E-state index contributed by atoms with van der Waals surface area (Å²) in [5.41, 5.74) is 1.81. The van der Waals surface area contributed by atoms with Gasteiger partial charge in [0.05, 0.1) is 12.5 Å². The Labute approximate surface area is 102 Å². The molecule has 0 spiro atoms. The summed E-state index contributed by atoms with van der Waals surface area (Å²) in [6.45, 7) is 0. The highest BCUT2D eigenvalue weighted by Gasteiger charge is 2.08. The van der Waals surface area contributed by atoms with Crippen LogP contribution in [0.4, 0.5) is 5.95 Å². The van der Waals surface area contributed by atoms with E-state index in [1.165, 1.54) is 6.33 Å². The lowest BCUT2D eigenvalue weighted by Gasteiger charge is -2.02. The molecule has 0 saturated heterocycles. The van der Waals surface area contributed by atoms with E-state index >= 15 is 0 Å². The van der Waals surface area contributed by atoms with Gasteiger partial charge in [-0.25, -0.2) is 9.97 Å². The van der Waals surface area contributed by atoms with Crippen LogP contribution >= 0.6 is 0 Å². The summed E-state index contributed by atoms with van der Waals surface area (Å²) in [6, 6.07) is 8.90. The first kappa shape index (κ1) is 10.4. The predicted octanol–water partition coefficient (Wildman–Crippen LogP) is 1.61. The second kappa shape index (κ2) is 4.25.